The molecule has 1 aliphatic heterocycles. The Labute approximate surface area is 166 Å². The SMILES string of the molecule is CCCCSC1=C(C#N)[C@@H](c2ccc(C(C)C)cc2)C2=C(CCCC2=O)N1. The van der Waals surface area contributed by atoms with Gasteiger partial charge in [0, 0.05) is 17.7 Å². The molecule has 1 aliphatic carbocycles. The second kappa shape index (κ2) is 8.80. The third-order valence-electron chi connectivity index (χ3n) is 5.34. The van der Waals surface area contributed by atoms with Gasteiger partial charge in [-0.25, -0.2) is 0 Å². The van der Waals surface area contributed by atoms with E-state index in [1.54, 1.807) is 11.8 Å². The van der Waals surface area contributed by atoms with Crippen LogP contribution in [0, 0.1) is 11.3 Å². The first kappa shape index (κ1) is 19.8. The number of dihydropyridines is 1. The van der Waals surface area contributed by atoms with E-state index in [1.165, 1.54) is 5.56 Å². The zero-order valence-electron chi connectivity index (χ0n) is 16.5. The molecule has 0 radical (unpaired) electrons. The molecule has 0 spiro atoms. The summed E-state index contributed by atoms with van der Waals surface area (Å²) in [7, 11) is 0. The van der Waals surface area contributed by atoms with E-state index < -0.39 is 0 Å². The lowest BCUT2D eigenvalue weighted by atomic mass is 9.76. The van der Waals surface area contributed by atoms with Gasteiger partial charge in [0.15, 0.2) is 5.78 Å². The van der Waals surface area contributed by atoms with Crippen molar-refractivity contribution < 1.29 is 4.79 Å². The van der Waals surface area contributed by atoms with E-state index in [0.29, 0.717) is 17.9 Å². The molecule has 1 heterocycles. The van der Waals surface area contributed by atoms with Gasteiger partial charge in [0.25, 0.3) is 0 Å². The molecule has 0 fully saturated rings. The van der Waals surface area contributed by atoms with Gasteiger partial charge in [0.05, 0.1) is 22.6 Å². The fraction of sp³-hybridized carbons (Fsp3) is 0.478. The average molecular weight is 381 g/mol. The smallest absolute Gasteiger partial charge is 0.161 e. The molecule has 0 aromatic heterocycles. The summed E-state index contributed by atoms with van der Waals surface area (Å²) in [4.78, 5) is 12.8. The van der Waals surface area contributed by atoms with Crippen molar-refractivity contribution in [3.63, 3.8) is 0 Å². The number of benzene rings is 1. The van der Waals surface area contributed by atoms with Gasteiger partial charge in [0.2, 0.25) is 0 Å². The highest BCUT2D eigenvalue weighted by Gasteiger charge is 2.36. The summed E-state index contributed by atoms with van der Waals surface area (Å²) >= 11 is 1.72. The van der Waals surface area contributed by atoms with Gasteiger partial charge < -0.3 is 5.32 Å². The summed E-state index contributed by atoms with van der Waals surface area (Å²) in [6.07, 6.45) is 4.61. The molecule has 1 atom stereocenters. The van der Waals surface area contributed by atoms with Crippen molar-refractivity contribution in [2.75, 3.05) is 5.75 Å². The molecule has 1 N–H and O–H groups in total. The van der Waals surface area contributed by atoms with Gasteiger partial charge in [0.1, 0.15) is 0 Å². The quantitative estimate of drug-likeness (QED) is 0.636. The molecule has 1 aromatic carbocycles. The molecular formula is C23H28N2OS. The Kier molecular flexibility index (Phi) is 6.44. The standard InChI is InChI=1S/C23H28N2OS/c1-4-5-13-27-23-18(14-24)21(17-11-9-16(10-12-17)15(2)3)22-19(25-23)7-6-8-20(22)26/h9-12,15,21,25H,4-8,13H2,1-3H3/t21-/m1/s1. The number of thioether (sulfide) groups is 1. The Morgan fingerprint density at radius 3 is 2.63 bits per heavy atom. The van der Waals surface area contributed by atoms with Crippen LogP contribution in [-0.4, -0.2) is 11.5 Å². The van der Waals surface area contributed by atoms with E-state index in [9.17, 15) is 10.1 Å². The number of rotatable bonds is 6. The molecule has 0 saturated carbocycles. The fourth-order valence-corrected chi connectivity index (χ4v) is 4.91. The van der Waals surface area contributed by atoms with Crippen LogP contribution in [0.4, 0.5) is 0 Å². The van der Waals surface area contributed by atoms with E-state index in [-0.39, 0.29) is 11.7 Å². The number of nitrogens with one attached hydrogen (secondary N) is 1. The molecule has 0 saturated heterocycles. The number of nitriles is 1. The largest absolute Gasteiger partial charge is 0.352 e. The zero-order chi connectivity index (χ0) is 19.4. The van der Waals surface area contributed by atoms with Gasteiger partial charge in [-0.3, -0.25) is 4.79 Å². The molecule has 0 unspecified atom stereocenters. The van der Waals surface area contributed by atoms with E-state index in [0.717, 1.165) is 53.3 Å². The molecule has 2 aliphatic rings. The van der Waals surface area contributed by atoms with E-state index in [1.807, 2.05) is 0 Å². The maximum absolute atomic E-state index is 12.8. The number of ketones is 1. The Balaban J connectivity index is 2.05. The first-order valence-corrected chi connectivity index (χ1v) is 11.0. The summed E-state index contributed by atoms with van der Waals surface area (Å²) in [5, 5.41) is 14.4. The Morgan fingerprint density at radius 1 is 1.26 bits per heavy atom. The van der Waals surface area contributed by atoms with Gasteiger partial charge in [-0.15, -0.1) is 11.8 Å². The first-order valence-electron chi connectivity index (χ1n) is 9.97. The minimum Gasteiger partial charge on any atom is -0.352 e. The molecule has 4 heteroatoms. The average Bonchev–Trinajstić information content (AvgIpc) is 2.67. The van der Waals surface area contributed by atoms with E-state index >= 15 is 0 Å². The minimum absolute atomic E-state index is 0.187. The van der Waals surface area contributed by atoms with Crippen LogP contribution >= 0.6 is 11.8 Å². The fourth-order valence-electron chi connectivity index (χ4n) is 3.76. The number of hydrogen-bond donors (Lipinski definition) is 1. The summed E-state index contributed by atoms with van der Waals surface area (Å²) in [5.74, 6) is 1.40. The van der Waals surface area contributed by atoms with Crippen molar-refractivity contribution in [1.29, 1.82) is 5.26 Å². The number of nitrogens with zero attached hydrogens (tertiary/aromatic N) is 1. The Morgan fingerprint density at radius 2 is 2.00 bits per heavy atom. The summed E-state index contributed by atoms with van der Waals surface area (Å²) < 4.78 is 0. The number of allylic oxidation sites excluding steroid dienone is 3. The highest BCUT2D eigenvalue weighted by Crippen LogP contribution is 2.44. The van der Waals surface area contributed by atoms with Gasteiger partial charge in [-0.2, -0.15) is 5.26 Å². The molecule has 3 rings (SSSR count). The lowest BCUT2D eigenvalue weighted by Crippen LogP contribution is -2.31. The van der Waals surface area contributed by atoms with Gasteiger partial charge >= 0.3 is 0 Å². The summed E-state index contributed by atoms with van der Waals surface area (Å²) in [6, 6.07) is 10.9. The van der Waals surface area contributed by atoms with Gasteiger partial charge in [-0.1, -0.05) is 51.5 Å². The lowest BCUT2D eigenvalue weighted by Gasteiger charge is -2.33. The van der Waals surface area contributed by atoms with E-state index in [2.05, 4.69) is 56.4 Å². The number of Topliss-reactive ketones (excluding diaryl/α,β-unsaturated/α-hetero) is 1. The third-order valence-corrected chi connectivity index (χ3v) is 6.45. The van der Waals surface area contributed by atoms with Crippen molar-refractivity contribution >= 4 is 17.5 Å². The normalized spacial score (nSPS) is 19.8. The Hall–Kier alpha value is -1.99. The molecular weight excluding hydrogens is 352 g/mol. The van der Waals surface area contributed by atoms with Gasteiger partial charge in [-0.05, 0) is 42.1 Å². The second-order valence-electron chi connectivity index (χ2n) is 7.60. The number of carbonyl (C=O) groups is 1. The molecule has 3 nitrogen and oxygen atoms in total. The van der Waals surface area contributed by atoms with Crippen LogP contribution in [0.5, 0.6) is 0 Å². The van der Waals surface area contributed by atoms with Crippen LogP contribution in [0.15, 0.2) is 46.1 Å². The number of hydrogen-bond acceptors (Lipinski definition) is 4. The molecule has 1 aromatic rings. The number of unbranched alkanes of at least 4 members (excludes halogenated alkanes) is 1. The van der Waals surface area contributed by atoms with Crippen LogP contribution in [0.1, 0.15) is 75.8 Å². The van der Waals surface area contributed by atoms with Crippen LogP contribution in [0.25, 0.3) is 0 Å². The topological polar surface area (TPSA) is 52.9 Å². The highest BCUT2D eigenvalue weighted by atomic mass is 32.2. The van der Waals surface area contributed by atoms with Crippen molar-refractivity contribution in [1.82, 2.24) is 5.32 Å². The van der Waals surface area contributed by atoms with Crippen LogP contribution < -0.4 is 5.32 Å². The van der Waals surface area contributed by atoms with Crippen molar-refractivity contribution in [2.45, 2.75) is 64.7 Å². The maximum Gasteiger partial charge on any atom is 0.161 e. The van der Waals surface area contributed by atoms with Crippen LogP contribution in [-0.2, 0) is 4.79 Å². The van der Waals surface area contributed by atoms with Crippen molar-refractivity contribution in [3.8, 4) is 6.07 Å². The third kappa shape index (κ3) is 4.14. The molecule has 0 amide bonds. The second-order valence-corrected chi connectivity index (χ2v) is 8.71. The predicted molar refractivity (Wildman–Crippen MR) is 112 cm³/mol. The zero-order valence-corrected chi connectivity index (χ0v) is 17.3. The minimum atomic E-state index is -0.232. The van der Waals surface area contributed by atoms with Crippen molar-refractivity contribution in [3.05, 3.63) is 57.3 Å². The van der Waals surface area contributed by atoms with Crippen LogP contribution in [0.3, 0.4) is 0 Å². The maximum atomic E-state index is 12.8. The Bertz CT molecular complexity index is 812. The van der Waals surface area contributed by atoms with Crippen molar-refractivity contribution in [2.24, 2.45) is 0 Å². The molecule has 0 bridgehead atoms. The summed E-state index contributed by atoms with van der Waals surface area (Å²) in [6.45, 7) is 6.52. The predicted octanol–water partition coefficient (Wildman–Crippen LogP) is 5.77. The summed E-state index contributed by atoms with van der Waals surface area (Å²) in [5.41, 5.74) is 4.87. The monoisotopic (exact) mass is 380 g/mol. The van der Waals surface area contributed by atoms with Crippen LogP contribution in [0.2, 0.25) is 0 Å². The lowest BCUT2D eigenvalue weighted by molar-refractivity contribution is -0.116. The number of carbonyl (C=O) groups excluding carboxylic acids is 1. The van der Waals surface area contributed by atoms with E-state index in [4.69, 9.17) is 0 Å². The first-order chi connectivity index (χ1) is 13.1. The molecule has 27 heavy (non-hydrogen) atoms. The highest BCUT2D eigenvalue weighted by molar-refractivity contribution is 8.03. The molecule has 142 valence electrons.